The number of esters is 1. The second kappa shape index (κ2) is 12.7. The van der Waals surface area contributed by atoms with Crippen molar-refractivity contribution in [3.05, 3.63) is 57.9 Å². The molecule has 1 N–H and O–H groups in total. The molecule has 0 bridgehead atoms. The molecule has 2 rings (SSSR count). The van der Waals surface area contributed by atoms with Crippen LogP contribution in [0, 0.1) is 13.8 Å². The van der Waals surface area contributed by atoms with E-state index in [9.17, 15) is 14.4 Å². The zero-order chi connectivity index (χ0) is 23.7. The van der Waals surface area contributed by atoms with E-state index < -0.39 is 17.9 Å². The first-order valence-corrected chi connectivity index (χ1v) is 12.0. The minimum absolute atomic E-state index is 0.289. The van der Waals surface area contributed by atoms with Crippen LogP contribution in [0.4, 0.5) is 0 Å². The van der Waals surface area contributed by atoms with E-state index >= 15 is 0 Å². The van der Waals surface area contributed by atoms with Crippen LogP contribution in [0.3, 0.4) is 0 Å². The molecule has 1 amide bonds. The highest BCUT2D eigenvalue weighted by Crippen LogP contribution is 2.16. The number of benzene rings is 1. The SMILES string of the molecule is COCCn1c(C)cc(C(=O)COC(=O)C(CCSC)NC(=O)c2ccc(Cl)cc2)c1C. The molecule has 1 aromatic heterocycles. The fourth-order valence-corrected chi connectivity index (χ4v) is 3.85. The Balaban J connectivity index is 2.02. The number of nitrogens with one attached hydrogen (secondary N) is 1. The van der Waals surface area contributed by atoms with Crippen LogP contribution in [0.15, 0.2) is 30.3 Å². The molecule has 1 atom stereocenters. The number of hydrogen-bond acceptors (Lipinski definition) is 6. The van der Waals surface area contributed by atoms with Crippen LogP contribution in [-0.2, 0) is 20.8 Å². The smallest absolute Gasteiger partial charge is 0.329 e. The maximum Gasteiger partial charge on any atom is 0.329 e. The second-order valence-electron chi connectivity index (χ2n) is 7.27. The number of halogens is 1. The highest BCUT2D eigenvalue weighted by atomic mass is 35.5. The maximum absolute atomic E-state index is 12.7. The standard InChI is InChI=1S/C23H29ClN2O5S/c1-15-13-19(16(2)26(15)10-11-30-3)21(27)14-31-23(29)20(9-12-32-4)25-22(28)17-5-7-18(24)8-6-17/h5-8,13,20H,9-12,14H2,1-4H3,(H,25,28). The Hall–Kier alpha value is -2.29. The van der Waals surface area contributed by atoms with Gasteiger partial charge < -0.3 is 19.4 Å². The highest BCUT2D eigenvalue weighted by Gasteiger charge is 2.24. The number of rotatable bonds is 12. The van der Waals surface area contributed by atoms with E-state index in [0.29, 0.717) is 41.5 Å². The summed E-state index contributed by atoms with van der Waals surface area (Å²) in [7, 11) is 1.62. The first kappa shape index (κ1) is 26.0. The van der Waals surface area contributed by atoms with Crippen LogP contribution < -0.4 is 5.32 Å². The van der Waals surface area contributed by atoms with Gasteiger partial charge in [0.15, 0.2) is 6.61 Å². The van der Waals surface area contributed by atoms with Crippen LogP contribution in [0.5, 0.6) is 0 Å². The topological polar surface area (TPSA) is 86.6 Å². The fraction of sp³-hybridized carbons (Fsp3) is 0.435. The van der Waals surface area contributed by atoms with Gasteiger partial charge in [-0.2, -0.15) is 11.8 Å². The van der Waals surface area contributed by atoms with Crippen molar-refractivity contribution in [3.63, 3.8) is 0 Å². The third-order valence-corrected chi connectivity index (χ3v) is 5.94. The van der Waals surface area contributed by atoms with Crippen LogP contribution in [0.25, 0.3) is 0 Å². The lowest BCUT2D eigenvalue weighted by Gasteiger charge is -2.17. The highest BCUT2D eigenvalue weighted by molar-refractivity contribution is 7.98. The normalized spacial score (nSPS) is 11.8. The molecule has 0 aliphatic carbocycles. The van der Waals surface area contributed by atoms with Crippen molar-refractivity contribution in [2.24, 2.45) is 0 Å². The van der Waals surface area contributed by atoms with E-state index in [4.69, 9.17) is 21.1 Å². The third kappa shape index (κ3) is 7.12. The Morgan fingerprint density at radius 2 is 1.88 bits per heavy atom. The van der Waals surface area contributed by atoms with Gasteiger partial charge in [-0.1, -0.05) is 11.6 Å². The molecule has 0 saturated heterocycles. The number of nitrogens with zero attached hydrogens (tertiary/aromatic N) is 1. The molecule has 1 heterocycles. The molecule has 174 valence electrons. The van der Waals surface area contributed by atoms with Gasteiger partial charge in [0.2, 0.25) is 5.78 Å². The summed E-state index contributed by atoms with van der Waals surface area (Å²) in [6, 6.07) is 7.30. The van der Waals surface area contributed by atoms with Gasteiger partial charge >= 0.3 is 5.97 Å². The molecule has 0 aliphatic heterocycles. The monoisotopic (exact) mass is 480 g/mol. The predicted molar refractivity (Wildman–Crippen MR) is 127 cm³/mol. The summed E-state index contributed by atoms with van der Waals surface area (Å²) in [5.74, 6) is -0.682. The number of Topliss-reactive ketones (excluding diaryl/α,β-unsaturated/α-hetero) is 1. The summed E-state index contributed by atoms with van der Waals surface area (Å²) in [6.45, 7) is 4.54. The summed E-state index contributed by atoms with van der Waals surface area (Å²) in [4.78, 5) is 37.9. The Kier molecular flexibility index (Phi) is 10.3. The van der Waals surface area contributed by atoms with E-state index in [0.717, 1.165) is 11.4 Å². The molecule has 2 aromatic rings. The first-order chi connectivity index (χ1) is 15.3. The van der Waals surface area contributed by atoms with Gasteiger partial charge in [0.25, 0.3) is 5.91 Å². The lowest BCUT2D eigenvalue weighted by Crippen LogP contribution is -2.42. The minimum atomic E-state index is -0.854. The van der Waals surface area contributed by atoms with Gasteiger partial charge in [0.05, 0.1) is 6.61 Å². The maximum atomic E-state index is 12.7. The molecular formula is C23H29ClN2O5S. The first-order valence-electron chi connectivity index (χ1n) is 10.2. The van der Waals surface area contributed by atoms with Crippen molar-refractivity contribution in [2.75, 3.05) is 32.3 Å². The molecule has 0 aliphatic rings. The number of methoxy groups -OCH3 is 1. The molecule has 0 radical (unpaired) electrons. The largest absolute Gasteiger partial charge is 0.456 e. The molecule has 1 unspecified atom stereocenters. The zero-order valence-electron chi connectivity index (χ0n) is 18.8. The summed E-state index contributed by atoms with van der Waals surface area (Å²) < 4.78 is 12.4. The second-order valence-corrected chi connectivity index (χ2v) is 8.70. The Bertz CT molecular complexity index is 943. The molecule has 9 heteroatoms. The average molecular weight is 481 g/mol. The lowest BCUT2D eigenvalue weighted by atomic mass is 10.1. The van der Waals surface area contributed by atoms with E-state index in [1.54, 1.807) is 49.2 Å². The number of aryl methyl sites for hydroxylation is 1. The zero-order valence-corrected chi connectivity index (χ0v) is 20.3. The van der Waals surface area contributed by atoms with Crippen LogP contribution in [0.2, 0.25) is 5.02 Å². The Morgan fingerprint density at radius 1 is 1.19 bits per heavy atom. The average Bonchev–Trinajstić information content (AvgIpc) is 3.06. The van der Waals surface area contributed by atoms with Gasteiger partial charge in [-0.15, -0.1) is 0 Å². The van der Waals surface area contributed by atoms with Crippen molar-refractivity contribution < 1.29 is 23.9 Å². The number of thioether (sulfide) groups is 1. The Labute approximate surface area is 197 Å². The van der Waals surface area contributed by atoms with E-state index in [1.807, 2.05) is 24.7 Å². The van der Waals surface area contributed by atoms with Crippen molar-refractivity contribution in [1.29, 1.82) is 0 Å². The van der Waals surface area contributed by atoms with Gasteiger partial charge in [0, 0.05) is 41.2 Å². The molecule has 7 nitrogen and oxygen atoms in total. The van der Waals surface area contributed by atoms with E-state index in [1.165, 1.54) is 0 Å². The molecule has 0 spiro atoms. The molecule has 32 heavy (non-hydrogen) atoms. The quantitative estimate of drug-likeness (QED) is 0.368. The van der Waals surface area contributed by atoms with Crippen LogP contribution in [0.1, 0.15) is 38.5 Å². The Morgan fingerprint density at radius 3 is 2.50 bits per heavy atom. The third-order valence-electron chi connectivity index (χ3n) is 5.05. The number of aromatic nitrogens is 1. The number of carbonyl (C=O) groups excluding carboxylic acids is 3. The summed E-state index contributed by atoms with van der Waals surface area (Å²) in [5, 5.41) is 3.21. The van der Waals surface area contributed by atoms with Crippen LogP contribution in [-0.4, -0.2) is 60.6 Å². The van der Waals surface area contributed by atoms with Crippen molar-refractivity contribution >= 4 is 41.0 Å². The van der Waals surface area contributed by atoms with Crippen molar-refractivity contribution in [1.82, 2.24) is 9.88 Å². The number of carbonyl (C=O) groups is 3. The summed E-state index contributed by atoms with van der Waals surface area (Å²) >= 11 is 7.41. The van der Waals surface area contributed by atoms with Gasteiger partial charge in [0.1, 0.15) is 6.04 Å². The molecule has 0 fully saturated rings. The predicted octanol–water partition coefficient (Wildman–Crippen LogP) is 3.68. The lowest BCUT2D eigenvalue weighted by molar-refractivity contribution is -0.144. The summed E-state index contributed by atoms with van der Waals surface area (Å²) in [6.07, 6.45) is 2.30. The number of amides is 1. The summed E-state index contributed by atoms with van der Waals surface area (Å²) in [5.41, 5.74) is 2.63. The number of ketones is 1. The van der Waals surface area contributed by atoms with Crippen molar-refractivity contribution in [2.45, 2.75) is 32.9 Å². The van der Waals surface area contributed by atoms with Crippen LogP contribution >= 0.6 is 23.4 Å². The van der Waals surface area contributed by atoms with Gasteiger partial charge in [-0.3, -0.25) is 9.59 Å². The van der Waals surface area contributed by atoms with E-state index in [-0.39, 0.29) is 12.4 Å². The minimum Gasteiger partial charge on any atom is -0.456 e. The van der Waals surface area contributed by atoms with Gasteiger partial charge in [-0.25, -0.2) is 4.79 Å². The number of ether oxygens (including phenoxy) is 2. The van der Waals surface area contributed by atoms with Crippen molar-refractivity contribution in [3.8, 4) is 0 Å². The number of hydrogen-bond donors (Lipinski definition) is 1. The fourth-order valence-electron chi connectivity index (χ4n) is 3.25. The van der Waals surface area contributed by atoms with E-state index in [2.05, 4.69) is 5.32 Å². The molecular weight excluding hydrogens is 452 g/mol. The molecule has 1 aromatic carbocycles. The molecule has 0 saturated carbocycles. The van der Waals surface area contributed by atoms with Gasteiger partial charge in [-0.05, 0) is 62.6 Å².